The molecule has 392 valence electrons. The lowest BCUT2D eigenvalue weighted by molar-refractivity contribution is -0.198. The van der Waals surface area contributed by atoms with E-state index in [0.29, 0.717) is 38.9 Å². The van der Waals surface area contributed by atoms with Gasteiger partial charge in [-0.1, -0.05) is 70.8 Å². The van der Waals surface area contributed by atoms with Crippen molar-refractivity contribution in [2.24, 2.45) is 0 Å². The van der Waals surface area contributed by atoms with Gasteiger partial charge in [0.15, 0.2) is 5.78 Å². The van der Waals surface area contributed by atoms with Gasteiger partial charge in [-0.05, 0) is 48.5 Å². The second-order valence-electron chi connectivity index (χ2n) is 17.7. The highest BCUT2D eigenvalue weighted by Gasteiger charge is 2.49. The summed E-state index contributed by atoms with van der Waals surface area (Å²) in [5.74, 6) is -7.37. The Morgan fingerprint density at radius 3 is 1.27 bits per heavy atom. The van der Waals surface area contributed by atoms with Crippen LogP contribution >= 0.6 is 0 Å². The van der Waals surface area contributed by atoms with Crippen molar-refractivity contribution < 1.29 is 86.5 Å². The number of fused-ring (bicyclic) bond motifs is 4. The summed E-state index contributed by atoms with van der Waals surface area (Å²) < 4.78 is 0. The van der Waals surface area contributed by atoms with Gasteiger partial charge in [0.05, 0.1) is 17.1 Å². The molecule has 0 radical (unpaired) electrons. The van der Waals surface area contributed by atoms with E-state index >= 15 is 0 Å². The highest BCUT2D eigenvalue weighted by atomic mass is 16.9. The zero-order chi connectivity index (χ0) is 55.3. The molecule has 0 atom stereocenters. The van der Waals surface area contributed by atoms with Crippen molar-refractivity contribution in [2.75, 3.05) is 15.1 Å². The molecule has 0 spiro atoms. The van der Waals surface area contributed by atoms with E-state index in [2.05, 4.69) is 21.6 Å². The lowest BCUT2D eigenvalue weighted by Gasteiger charge is -2.27. The standard InChI is InChI=1S/C27H18N4O9.C17H11NO2.C9H8N2O7/c1-14(39-30-19(32)10-11-20(30)33)28-17-8-4-2-6-15(17)25(36)23(28)24-26(37)16-7-3-5-9-18(16)29(24)27(38)40-31-21(34)12-13-22(31)35;19-16-11-6-2-1-5-10(11)9-13(16)15-17(20)12-7-3-4-8-14(12)18-15;12-5-1-2-6(13)10(5)17-9(16)18-11-7(14)3-4-8(11)15/h2-9H,1,10-13H2;1-8,18H,9H2;1-4H2/b24-23+;15-13-;. The molecule has 1 N–H and O–H groups in total. The predicted octanol–water partition coefficient (Wildman–Crippen LogP) is 4.61. The minimum absolute atomic E-state index is 0.0377. The van der Waals surface area contributed by atoms with Crippen LogP contribution in [0, 0.1) is 0 Å². The Kier molecular flexibility index (Phi) is 13.1. The van der Waals surface area contributed by atoms with E-state index in [-0.39, 0.29) is 107 Å². The van der Waals surface area contributed by atoms with E-state index in [0.717, 1.165) is 21.1 Å². The largest absolute Gasteiger partial charge is 0.560 e. The van der Waals surface area contributed by atoms with Crippen LogP contribution < -0.4 is 15.1 Å². The summed E-state index contributed by atoms with van der Waals surface area (Å²) in [6.45, 7) is 3.80. The van der Waals surface area contributed by atoms with Gasteiger partial charge >= 0.3 is 12.2 Å². The first-order valence-corrected chi connectivity index (χ1v) is 23.7. The van der Waals surface area contributed by atoms with Crippen LogP contribution in [0.15, 0.2) is 132 Å². The fourth-order valence-electron chi connectivity index (χ4n) is 9.22. The molecule has 78 heavy (non-hydrogen) atoms. The van der Waals surface area contributed by atoms with E-state index in [1.54, 1.807) is 30.3 Å². The minimum atomic E-state index is -1.48. The molecule has 0 aromatic heterocycles. The van der Waals surface area contributed by atoms with Crippen LogP contribution in [0.3, 0.4) is 0 Å². The number of hydrogen-bond acceptors (Lipinski definition) is 20. The van der Waals surface area contributed by atoms with Crippen LogP contribution in [-0.2, 0) is 64.1 Å². The number of anilines is 3. The average Bonchev–Trinajstić information content (AvgIpc) is 4.52. The lowest BCUT2D eigenvalue weighted by atomic mass is 10.1. The summed E-state index contributed by atoms with van der Waals surface area (Å²) in [5.41, 5.74) is 3.71. The van der Waals surface area contributed by atoms with Crippen molar-refractivity contribution in [3.63, 3.8) is 0 Å². The number of para-hydroxylation sites is 3. The number of rotatable bonds is 6. The molecule has 8 aliphatic rings. The number of hydroxylamine groups is 8. The number of carbonyl (C=O) groups is 14. The number of allylic oxidation sites excluding steroid dienone is 4. The molecule has 7 heterocycles. The molecule has 7 aliphatic heterocycles. The Hall–Kier alpha value is -10.7. The molecule has 9 amide bonds. The maximum absolute atomic E-state index is 13.8. The second kappa shape index (κ2) is 20.2. The first-order chi connectivity index (χ1) is 37.4. The average molecular weight is 1060 g/mol. The van der Waals surface area contributed by atoms with Gasteiger partial charge in [0.25, 0.3) is 47.3 Å². The number of hydrogen-bond donors (Lipinski definition) is 1. The van der Waals surface area contributed by atoms with Gasteiger partial charge in [0.1, 0.15) is 11.4 Å². The van der Waals surface area contributed by atoms with Crippen LogP contribution in [0.1, 0.15) is 98.4 Å². The van der Waals surface area contributed by atoms with Crippen LogP contribution in [-0.4, -0.2) is 103 Å². The van der Waals surface area contributed by atoms with E-state index in [1.807, 2.05) is 42.5 Å². The molecule has 0 bridgehead atoms. The number of amides is 9. The van der Waals surface area contributed by atoms with Crippen molar-refractivity contribution in [2.45, 2.75) is 57.8 Å². The Morgan fingerprint density at radius 2 is 0.795 bits per heavy atom. The Labute approximate surface area is 438 Å². The zero-order valence-electron chi connectivity index (χ0n) is 40.3. The molecule has 0 saturated carbocycles. The first kappa shape index (κ1) is 50.8. The molecule has 0 unspecified atom stereocenters. The van der Waals surface area contributed by atoms with Crippen LogP contribution in [0.5, 0.6) is 0 Å². The maximum Gasteiger partial charge on any atom is 0.560 e. The fourth-order valence-corrected chi connectivity index (χ4v) is 9.22. The minimum Gasteiger partial charge on any atom is -0.351 e. The number of imide groups is 4. The highest BCUT2D eigenvalue weighted by molar-refractivity contribution is 6.31. The molecule has 25 nitrogen and oxygen atoms in total. The second-order valence-corrected chi connectivity index (χ2v) is 17.7. The number of ketones is 4. The molecule has 12 rings (SSSR count). The summed E-state index contributed by atoms with van der Waals surface area (Å²) in [7, 11) is 0. The van der Waals surface area contributed by atoms with Crippen molar-refractivity contribution in [1.29, 1.82) is 0 Å². The molecular formula is C53H37N7O18. The van der Waals surface area contributed by atoms with Gasteiger partial charge in [0.2, 0.25) is 23.2 Å². The summed E-state index contributed by atoms with van der Waals surface area (Å²) >= 11 is 0. The maximum atomic E-state index is 13.8. The van der Waals surface area contributed by atoms with E-state index < -0.39 is 76.8 Å². The number of nitrogens with one attached hydrogen (secondary N) is 1. The third-order valence-corrected chi connectivity index (χ3v) is 12.9. The lowest BCUT2D eigenvalue weighted by Crippen LogP contribution is -2.41. The number of benzene rings is 4. The number of nitrogens with zero attached hydrogens (tertiary/aromatic N) is 6. The molecule has 1 aliphatic carbocycles. The monoisotopic (exact) mass is 1060 g/mol. The number of carbonyl (C=O) groups excluding carboxylic acids is 14. The predicted molar refractivity (Wildman–Crippen MR) is 258 cm³/mol. The van der Waals surface area contributed by atoms with Crippen molar-refractivity contribution in [3.8, 4) is 0 Å². The van der Waals surface area contributed by atoms with E-state index in [9.17, 15) is 67.1 Å². The molecule has 4 fully saturated rings. The Bertz CT molecular complexity index is 3290. The van der Waals surface area contributed by atoms with Gasteiger partial charge in [0, 0.05) is 91.3 Å². The molecule has 4 saturated heterocycles. The summed E-state index contributed by atoms with van der Waals surface area (Å²) in [4.78, 5) is 191. The molecule has 4 aromatic rings. The Morgan fingerprint density at radius 1 is 0.410 bits per heavy atom. The summed E-state index contributed by atoms with van der Waals surface area (Å²) in [6.07, 6.45) is -2.94. The molecular weight excluding hydrogens is 1020 g/mol. The van der Waals surface area contributed by atoms with Crippen LogP contribution in [0.2, 0.25) is 0 Å². The quantitative estimate of drug-likeness (QED) is 0.156. The van der Waals surface area contributed by atoms with Gasteiger partial charge < -0.3 is 15.0 Å². The zero-order valence-corrected chi connectivity index (χ0v) is 40.3. The topological polar surface area (TPSA) is 307 Å². The SMILES string of the molecule is C=C(ON1C(=O)CCC1=O)N1/C(=C2\C(=O)c3ccccc3N2C(=O)ON2C(=O)CCC2=O)C(=O)c2ccccc21.O=C(ON1C(=O)CCC1=O)ON1C(=O)CCC1=O.O=C1/C(=C2\Nc3ccccc3C2=O)Cc2ccccc21. The summed E-state index contributed by atoms with van der Waals surface area (Å²) in [5, 5.41) is 4.47. The van der Waals surface area contributed by atoms with E-state index in [4.69, 9.17) is 9.68 Å². The molecule has 25 heteroatoms. The third-order valence-electron chi connectivity index (χ3n) is 12.9. The van der Waals surface area contributed by atoms with Crippen molar-refractivity contribution in [1.82, 2.24) is 20.3 Å². The van der Waals surface area contributed by atoms with Gasteiger partial charge in [-0.3, -0.25) is 72.1 Å². The highest BCUT2D eigenvalue weighted by Crippen LogP contribution is 2.45. The van der Waals surface area contributed by atoms with Gasteiger partial charge in [-0.25, -0.2) is 9.69 Å². The smallest absolute Gasteiger partial charge is 0.351 e. The van der Waals surface area contributed by atoms with Crippen molar-refractivity contribution in [3.05, 3.63) is 160 Å². The summed E-state index contributed by atoms with van der Waals surface area (Å²) in [6, 6.07) is 27.0. The Balaban J connectivity index is 0.000000150. The molecule has 4 aromatic carbocycles. The van der Waals surface area contributed by atoms with Crippen LogP contribution in [0.4, 0.5) is 26.7 Å². The fraction of sp³-hybridized carbons (Fsp3) is 0.170. The van der Waals surface area contributed by atoms with Gasteiger partial charge in [-0.15, -0.1) is 10.1 Å². The van der Waals surface area contributed by atoms with Gasteiger partial charge in [-0.2, -0.15) is 4.79 Å². The third kappa shape index (κ3) is 8.98. The number of Topliss-reactive ketones (excluding diaryl/α,β-unsaturated/α-hetero) is 4. The van der Waals surface area contributed by atoms with Crippen molar-refractivity contribution >= 4 is 99.7 Å². The first-order valence-electron chi connectivity index (χ1n) is 23.7. The van der Waals surface area contributed by atoms with E-state index in [1.165, 1.54) is 24.3 Å². The normalized spacial score (nSPS) is 19.9. The van der Waals surface area contributed by atoms with Crippen LogP contribution in [0.25, 0.3) is 0 Å².